The lowest BCUT2D eigenvalue weighted by Crippen LogP contribution is -2.34. The molecule has 0 spiro atoms. The summed E-state index contributed by atoms with van der Waals surface area (Å²) >= 11 is 0. The van der Waals surface area contributed by atoms with Crippen molar-refractivity contribution in [2.75, 3.05) is 5.73 Å². The maximum atomic E-state index is 13.4. The van der Waals surface area contributed by atoms with Crippen LogP contribution >= 0.6 is 0 Å². The molecule has 0 amide bonds. The molecule has 0 heterocycles. The minimum Gasteiger partial charge on any atom is -0.399 e. The van der Waals surface area contributed by atoms with Gasteiger partial charge in [-0.2, -0.15) is 4.72 Å². The van der Waals surface area contributed by atoms with Crippen molar-refractivity contribution in [1.82, 2.24) is 4.72 Å². The number of sulfonamides is 1. The van der Waals surface area contributed by atoms with E-state index in [4.69, 9.17) is 12.2 Å². The summed E-state index contributed by atoms with van der Waals surface area (Å²) in [7, 11) is -4.25. The van der Waals surface area contributed by atoms with Crippen molar-refractivity contribution in [2.24, 2.45) is 0 Å². The van der Waals surface area contributed by atoms with Gasteiger partial charge < -0.3 is 5.73 Å². The maximum absolute atomic E-state index is 13.4. The molecule has 1 aromatic carbocycles. The largest absolute Gasteiger partial charge is 0.399 e. The SMILES string of the molecule is C#CC(CC)NS(=O)(=O)c1cc(N)cc(F)c1F. The zero-order valence-electron chi connectivity index (χ0n) is 9.57. The predicted molar refractivity (Wildman–Crippen MR) is 64.0 cm³/mol. The van der Waals surface area contributed by atoms with Crippen LogP contribution in [-0.4, -0.2) is 14.5 Å². The molecule has 1 aromatic rings. The normalized spacial score (nSPS) is 13.0. The lowest BCUT2D eigenvalue weighted by molar-refractivity contribution is 0.483. The Bertz CT molecular complexity index is 594. The van der Waals surface area contributed by atoms with Crippen molar-refractivity contribution >= 4 is 15.7 Å². The van der Waals surface area contributed by atoms with Crippen LogP contribution in [0.25, 0.3) is 0 Å². The van der Waals surface area contributed by atoms with Crippen molar-refractivity contribution < 1.29 is 17.2 Å². The van der Waals surface area contributed by atoms with Gasteiger partial charge in [0.1, 0.15) is 4.90 Å². The Balaban J connectivity index is 3.26. The zero-order valence-corrected chi connectivity index (χ0v) is 10.4. The Kier molecular flexibility index (Phi) is 4.27. The summed E-state index contributed by atoms with van der Waals surface area (Å²) in [6.45, 7) is 1.66. The predicted octanol–water partition coefficient (Wildman–Crippen LogP) is 1.24. The van der Waals surface area contributed by atoms with Crippen LogP contribution in [0.3, 0.4) is 0 Å². The number of benzene rings is 1. The van der Waals surface area contributed by atoms with E-state index in [-0.39, 0.29) is 5.69 Å². The Hall–Kier alpha value is -1.65. The molecule has 0 radical (unpaired) electrons. The van der Waals surface area contributed by atoms with Crippen LogP contribution < -0.4 is 10.5 Å². The first-order chi connectivity index (χ1) is 8.31. The second-order valence-corrected chi connectivity index (χ2v) is 5.25. The van der Waals surface area contributed by atoms with E-state index in [0.717, 1.165) is 6.07 Å². The molecule has 0 aliphatic heterocycles. The van der Waals surface area contributed by atoms with Crippen molar-refractivity contribution in [2.45, 2.75) is 24.3 Å². The Morgan fingerprint density at radius 3 is 2.61 bits per heavy atom. The number of hydrogen-bond acceptors (Lipinski definition) is 3. The van der Waals surface area contributed by atoms with Crippen LogP contribution in [-0.2, 0) is 10.0 Å². The van der Waals surface area contributed by atoms with Gasteiger partial charge in [-0.15, -0.1) is 6.42 Å². The maximum Gasteiger partial charge on any atom is 0.244 e. The first-order valence-corrected chi connectivity index (χ1v) is 6.53. The molecule has 0 aliphatic carbocycles. The van der Waals surface area contributed by atoms with E-state index in [1.807, 2.05) is 0 Å². The molecule has 0 aromatic heterocycles. The molecular weight excluding hydrogens is 262 g/mol. The Labute approximate surface area is 104 Å². The fraction of sp³-hybridized carbons (Fsp3) is 0.273. The summed E-state index contributed by atoms with van der Waals surface area (Å²) in [5, 5.41) is 0. The number of nitrogens with two attached hydrogens (primary N) is 1. The second-order valence-electron chi connectivity index (χ2n) is 3.56. The molecule has 3 N–H and O–H groups in total. The van der Waals surface area contributed by atoms with Gasteiger partial charge in [0.2, 0.25) is 10.0 Å². The molecule has 0 aliphatic rings. The topological polar surface area (TPSA) is 72.2 Å². The highest BCUT2D eigenvalue weighted by molar-refractivity contribution is 7.89. The second kappa shape index (κ2) is 5.33. The summed E-state index contributed by atoms with van der Waals surface area (Å²) in [5.41, 5.74) is 5.09. The van der Waals surface area contributed by atoms with Crippen molar-refractivity contribution in [3.63, 3.8) is 0 Å². The first-order valence-electron chi connectivity index (χ1n) is 5.04. The first kappa shape index (κ1) is 14.4. The quantitative estimate of drug-likeness (QED) is 0.641. The summed E-state index contributed by atoms with van der Waals surface area (Å²) in [5.74, 6) is -0.624. The molecule has 1 unspecified atom stereocenters. The van der Waals surface area contributed by atoms with E-state index < -0.39 is 32.6 Å². The van der Waals surface area contributed by atoms with E-state index in [2.05, 4.69) is 10.6 Å². The van der Waals surface area contributed by atoms with Crippen molar-refractivity contribution in [1.29, 1.82) is 0 Å². The minimum atomic E-state index is -4.25. The number of anilines is 1. The highest BCUT2D eigenvalue weighted by Gasteiger charge is 2.24. The van der Waals surface area contributed by atoms with E-state index in [1.165, 1.54) is 0 Å². The average Bonchev–Trinajstić information content (AvgIpc) is 2.30. The molecule has 0 bridgehead atoms. The highest BCUT2D eigenvalue weighted by atomic mass is 32.2. The molecule has 4 nitrogen and oxygen atoms in total. The van der Waals surface area contributed by atoms with Gasteiger partial charge in [0.25, 0.3) is 0 Å². The van der Waals surface area contributed by atoms with Gasteiger partial charge in [-0.3, -0.25) is 0 Å². The Morgan fingerprint density at radius 1 is 1.50 bits per heavy atom. The fourth-order valence-electron chi connectivity index (χ4n) is 1.27. The van der Waals surface area contributed by atoms with Gasteiger partial charge in [-0.25, -0.2) is 17.2 Å². The minimum absolute atomic E-state index is 0.192. The number of hydrogen-bond donors (Lipinski definition) is 2. The third kappa shape index (κ3) is 2.97. The fourth-order valence-corrected chi connectivity index (χ4v) is 2.63. The third-order valence-electron chi connectivity index (χ3n) is 2.21. The molecular formula is C11H12F2N2O2S. The van der Waals surface area contributed by atoms with Crippen LogP contribution in [0.4, 0.5) is 14.5 Å². The van der Waals surface area contributed by atoms with E-state index in [1.54, 1.807) is 6.92 Å². The monoisotopic (exact) mass is 274 g/mol. The molecule has 98 valence electrons. The summed E-state index contributed by atoms with van der Waals surface area (Å²) in [6.07, 6.45) is 5.42. The lowest BCUT2D eigenvalue weighted by Gasteiger charge is -2.12. The Morgan fingerprint density at radius 2 is 2.11 bits per heavy atom. The summed E-state index contributed by atoms with van der Waals surface area (Å²) in [6, 6.07) is 0.746. The smallest absolute Gasteiger partial charge is 0.244 e. The molecule has 0 saturated carbocycles. The van der Waals surface area contributed by atoms with E-state index >= 15 is 0 Å². The summed E-state index contributed by atoms with van der Waals surface area (Å²) < 4.78 is 52.2. The zero-order chi connectivity index (χ0) is 13.9. The average molecular weight is 274 g/mol. The van der Waals surface area contributed by atoms with Crippen molar-refractivity contribution in [3.05, 3.63) is 23.8 Å². The van der Waals surface area contributed by atoms with Crippen LogP contribution in [0.15, 0.2) is 17.0 Å². The molecule has 0 fully saturated rings. The van der Waals surface area contributed by atoms with Gasteiger partial charge >= 0.3 is 0 Å². The van der Waals surface area contributed by atoms with E-state index in [0.29, 0.717) is 12.5 Å². The number of halogens is 2. The highest BCUT2D eigenvalue weighted by Crippen LogP contribution is 2.21. The van der Waals surface area contributed by atoms with Crippen LogP contribution in [0.5, 0.6) is 0 Å². The van der Waals surface area contributed by atoms with Gasteiger partial charge in [0, 0.05) is 5.69 Å². The number of rotatable bonds is 4. The molecule has 7 heteroatoms. The van der Waals surface area contributed by atoms with Gasteiger partial charge in [-0.1, -0.05) is 12.8 Å². The number of nitrogens with one attached hydrogen (secondary N) is 1. The van der Waals surface area contributed by atoms with Crippen LogP contribution in [0.1, 0.15) is 13.3 Å². The standard InChI is InChI=1S/C11H12F2N2O2S/c1-3-8(4-2)15-18(16,17)10-6-7(14)5-9(12)11(10)13/h1,5-6,8,15H,4,14H2,2H3. The van der Waals surface area contributed by atoms with Crippen LogP contribution in [0, 0.1) is 24.0 Å². The summed E-state index contributed by atoms with van der Waals surface area (Å²) in [4.78, 5) is -0.853. The third-order valence-corrected chi connectivity index (χ3v) is 3.68. The number of nitrogen functional groups attached to an aromatic ring is 1. The van der Waals surface area contributed by atoms with Gasteiger partial charge in [0.15, 0.2) is 11.6 Å². The number of terminal acetylenes is 1. The molecule has 18 heavy (non-hydrogen) atoms. The molecule has 1 rings (SSSR count). The van der Waals surface area contributed by atoms with Gasteiger partial charge in [0.05, 0.1) is 6.04 Å². The molecule has 0 saturated heterocycles. The van der Waals surface area contributed by atoms with E-state index in [9.17, 15) is 17.2 Å². The molecule has 1 atom stereocenters. The van der Waals surface area contributed by atoms with Crippen LogP contribution in [0.2, 0.25) is 0 Å². The van der Waals surface area contributed by atoms with Gasteiger partial charge in [-0.05, 0) is 18.6 Å². The van der Waals surface area contributed by atoms with Crippen molar-refractivity contribution in [3.8, 4) is 12.3 Å². The lowest BCUT2D eigenvalue weighted by atomic mass is 10.3.